The topological polar surface area (TPSA) is 103 Å². The molecule has 0 saturated carbocycles. The van der Waals surface area contributed by atoms with Crippen molar-refractivity contribution >= 4 is 27.4 Å². The normalized spacial score (nSPS) is 10.0. The van der Waals surface area contributed by atoms with Gasteiger partial charge in [0.25, 0.3) is 5.69 Å². The van der Waals surface area contributed by atoms with E-state index in [-0.39, 0.29) is 17.4 Å². The van der Waals surface area contributed by atoms with Crippen LogP contribution in [0, 0.1) is 10.1 Å². The molecular weight excluding hydrogens is 316 g/mol. The van der Waals surface area contributed by atoms with Crippen LogP contribution in [0.2, 0.25) is 0 Å². The minimum atomic E-state index is -0.545. The maximum Gasteiger partial charge on any atom is 0.278 e. The van der Waals surface area contributed by atoms with Gasteiger partial charge in [-0.3, -0.25) is 10.1 Å². The molecule has 1 heterocycles. The van der Waals surface area contributed by atoms with Crippen molar-refractivity contribution < 1.29 is 9.66 Å². The van der Waals surface area contributed by atoms with E-state index in [4.69, 9.17) is 10.6 Å². The van der Waals surface area contributed by atoms with Crippen LogP contribution in [0.15, 0.2) is 40.9 Å². The van der Waals surface area contributed by atoms with Gasteiger partial charge in [-0.15, -0.1) is 0 Å². The van der Waals surface area contributed by atoms with Crippen LogP contribution in [0.25, 0.3) is 0 Å². The molecule has 8 heteroatoms. The van der Waals surface area contributed by atoms with Gasteiger partial charge in [0.15, 0.2) is 5.82 Å². The van der Waals surface area contributed by atoms with E-state index in [2.05, 4.69) is 26.3 Å². The lowest BCUT2D eigenvalue weighted by molar-refractivity contribution is -0.384. The Morgan fingerprint density at radius 2 is 2.16 bits per heavy atom. The molecule has 19 heavy (non-hydrogen) atoms. The summed E-state index contributed by atoms with van der Waals surface area (Å²) in [5.41, 5.74) is 2.10. The summed E-state index contributed by atoms with van der Waals surface area (Å²) in [7, 11) is 0. The first-order valence-corrected chi connectivity index (χ1v) is 5.94. The molecule has 0 saturated heterocycles. The summed E-state index contributed by atoms with van der Waals surface area (Å²) in [6, 6.07) is 9.48. The third-order valence-corrected chi connectivity index (χ3v) is 2.66. The Balaban J connectivity index is 2.34. The van der Waals surface area contributed by atoms with Gasteiger partial charge >= 0.3 is 0 Å². The van der Waals surface area contributed by atoms with Crippen molar-refractivity contribution in [1.82, 2.24) is 4.98 Å². The van der Waals surface area contributed by atoms with Crippen LogP contribution in [-0.2, 0) is 0 Å². The number of hydrogen-bond acceptors (Lipinski definition) is 6. The zero-order valence-corrected chi connectivity index (χ0v) is 11.1. The number of rotatable bonds is 4. The highest BCUT2D eigenvalue weighted by molar-refractivity contribution is 9.10. The van der Waals surface area contributed by atoms with E-state index in [0.29, 0.717) is 5.75 Å². The SMILES string of the molecule is NNc1cc([N+](=O)[O-])cc(Oc2cccc(Br)c2)n1. The fourth-order valence-electron chi connectivity index (χ4n) is 1.37. The van der Waals surface area contributed by atoms with E-state index in [1.165, 1.54) is 12.1 Å². The number of ether oxygens (including phenoxy) is 1. The zero-order chi connectivity index (χ0) is 13.8. The predicted octanol–water partition coefficient (Wildman–Crippen LogP) is 2.83. The first-order chi connectivity index (χ1) is 9.08. The molecule has 0 fully saturated rings. The molecule has 0 aliphatic rings. The Morgan fingerprint density at radius 3 is 2.79 bits per heavy atom. The zero-order valence-electron chi connectivity index (χ0n) is 9.54. The number of nitrogens with one attached hydrogen (secondary N) is 1. The minimum absolute atomic E-state index is 0.0836. The van der Waals surface area contributed by atoms with Crippen molar-refractivity contribution in [3.05, 3.63) is 51.0 Å². The van der Waals surface area contributed by atoms with Gasteiger partial charge in [-0.1, -0.05) is 22.0 Å². The Kier molecular flexibility index (Phi) is 3.93. The van der Waals surface area contributed by atoms with E-state index in [1.54, 1.807) is 18.2 Å². The average molecular weight is 325 g/mol. The summed E-state index contributed by atoms with van der Waals surface area (Å²) in [5, 5.41) is 10.8. The number of pyridine rings is 1. The molecule has 2 aromatic rings. The van der Waals surface area contributed by atoms with Gasteiger partial charge in [0.1, 0.15) is 5.75 Å². The summed E-state index contributed by atoms with van der Waals surface area (Å²) < 4.78 is 6.28. The summed E-state index contributed by atoms with van der Waals surface area (Å²) in [4.78, 5) is 14.2. The second-order valence-corrected chi connectivity index (χ2v) is 4.43. The largest absolute Gasteiger partial charge is 0.439 e. The molecule has 1 aromatic heterocycles. The molecule has 0 amide bonds. The number of hydrogen-bond donors (Lipinski definition) is 2. The van der Waals surface area contributed by atoms with Crippen molar-refractivity contribution in [2.75, 3.05) is 5.43 Å². The van der Waals surface area contributed by atoms with E-state index in [0.717, 1.165) is 4.47 Å². The molecule has 3 N–H and O–H groups in total. The van der Waals surface area contributed by atoms with Crippen LogP contribution in [0.3, 0.4) is 0 Å². The third kappa shape index (κ3) is 3.39. The van der Waals surface area contributed by atoms with Crippen molar-refractivity contribution in [2.45, 2.75) is 0 Å². The monoisotopic (exact) mass is 324 g/mol. The summed E-state index contributed by atoms with van der Waals surface area (Å²) in [6.45, 7) is 0. The van der Waals surface area contributed by atoms with Crippen molar-refractivity contribution in [3.63, 3.8) is 0 Å². The van der Waals surface area contributed by atoms with Gasteiger partial charge in [-0.2, -0.15) is 4.98 Å². The van der Waals surface area contributed by atoms with Crippen molar-refractivity contribution in [3.8, 4) is 11.6 Å². The van der Waals surface area contributed by atoms with E-state index in [9.17, 15) is 10.1 Å². The Hall–Kier alpha value is -2.19. The number of anilines is 1. The first kappa shape index (κ1) is 13.2. The Morgan fingerprint density at radius 1 is 1.37 bits per heavy atom. The molecule has 2 rings (SSSR count). The highest BCUT2D eigenvalue weighted by Gasteiger charge is 2.12. The van der Waals surface area contributed by atoms with Gasteiger partial charge in [0.05, 0.1) is 17.1 Å². The van der Waals surface area contributed by atoms with Crippen LogP contribution < -0.4 is 16.0 Å². The number of hydrazine groups is 1. The quantitative estimate of drug-likeness (QED) is 0.509. The molecule has 0 radical (unpaired) electrons. The molecule has 0 unspecified atom stereocenters. The van der Waals surface area contributed by atoms with Gasteiger partial charge in [0.2, 0.25) is 5.88 Å². The van der Waals surface area contributed by atoms with Crippen molar-refractivity contribution in [1.29, 1.82) is 0 Å². The molecule has 7 nitrogen and oxygen atoms in total. The van der Waals surface area contributed by atoms with Gasteiger partial charge in [-0.05, 0) is 18.2 Å². The molecule has 1 aromatic carbocycles. The highest BCUT2D eigenvalue weighted by atomic mass is 79.9. The van der Waals surface area contributed by atoms with Crippen molar-refractivity contribution in [2.24, 2.45) is 5.84 Å². The summed E-state index contributed by atoms with van der Waals surface area (Å²) in [6.07, 6.45) is 0. The molecule has 0 spiro atoms. The minimum Gasteiger partial charge on any atom is -0.439 e. The number of nitrogens with zero attached hydrogens (tertiary/aromatic N) is 2. The maximum atomic E-state index is 10.8. The molecule has 0 aliphatic carbocycles. The highest BCUT2D eigenvalue weighted by Crippen LogP contribution is 2.27. The Labute approximate surface area is 116 Å². The lowest BCUT2D eigenvalue weighted by Crippen LogP contribution is -2.09. The number of nitrogens with two attached hydrogens (primary N) is 1. The smallest absolute Gasteiger partial charge is 0.278 e. The summed E-state index contributed by atoms with van der Waals surface area (Å²) in [5.74, 6) is 5.95. The second-order valence-electron chi connectivity index (χ2n) is 3.51. The van der Waals surface area contributed by atoms with Crippen LogP contribution in [0.1, 0.15) is 0 Å². The fourth-order valence-corrected chi connectivity index (χ4v) is 1.75. The number of halogens is 1. The van der Waals surface area contributed by atoms with Gasteiger partial charge in [-0.25, -0.2) is 5.84 Å². The molecule has 98 valence electrons. The number of nitro groups is 1. The first-order valence-electron chi connectivity index (χ1n) is 5.15. The number of aromatic nitrogens is 1. The second kappa shape index (κ2) is 5.63. The van der Waals surface area contributed by atoms with Crippen LogP contribution in [-0.4, -0.2) is 9.91 Å². The summed E-state index contributed by atoms with van der Waals surface area (Å²) >= 11 is 3.30. The van der Waals surface area contributed by atoms with Crippen LogP contribution >= 0.6 is 15.9 Å². The predicted molar refractivity (Wildman–Crippen MR) is 72.9 cm³/mol. The van der Waals surface area contributed by atoms with Crippen LogP contribution in [0.4, 0.5) is 11.5 Å². The molecule has 0 bridgehead atoms. The fraction of sp³-hybridized carbons (Fsp3) is 0. The van der Waals surface area contributed by atoms with E-state index >= 15 is 0 Å². The number of nitrogen functional groups attached to an aromatic ring is 1. The van der Waals surface area contributed by atoms with Gasteiger partial charge < -0.3 is 10.2 Å². The number of benzene rings is 1. The molecule has 0 atom stereocenters. The molecular formula is C11H9BrN4O3. The van der Waals surface area contributed by atoms with E-state index in [1.807, 2.05) is 6.07 Å². The third-order valence-electron chi connectivity index (χ3n) is 2.16. The Bertz CT molecular complexity index is 621. The lowest BCUT2D eigenvalue weighted by Gasteiger charge is -2.06. The van der Waals surface area contributed by atoms with Crippen LogP contribution in [0.5, 0.6) is 11.6 Å². The lowest BCUT2D eigenvalue weighted by atomic mass is 10.3. The maximum absolute atomic E-state index is 10.8. The average Bonchev–Trinajstić information content (AvgIpc) is 2.38. The molecule has 0 aliphatic heterocycles. The van der Waals surface area contributed by atoms with E-state index < -0.39 is 4.92 Å². The standard InChI is InChI=1S/C11H9BrN4O3/c12-7-2-1-3-9(4-7)19-11-6-8(16(17)18)5-10(14-11)15-13/h1-6H,13H2,(H,14,15). The van der Waals surface area contributed by atoms with Gasteiger partial charge in [0, 0.05) is 4.47 Å².